The molecule has 0 aromatic carbocycles. The summed E-state index contributed by atoms with van der Waals surface area (Å²) in [5, 5.41) is 2.00. The molecule has 0 N–H and O–H groups in total. The lowest BCUT2D eigenvalue weighted by atomic mass is 10.3. The Morgan fingerprint density at radius 1 is 1.50 bits per heavy atom. The van der Waals surface area contributed by atoms with Crippen LogP contribution in [0.2, 0.25) is 0 Å². The fourth-order valence-electron chi connectivity index (χ4n) is 0.791. The molecule has 0 atom stereocenters. The average Bonchev–Trinajstić information content (AvgIpc) is 2.59. The van der Waals surface area contributed by atoms with Gasteiger partial charge in [0.25, 0.3) is 0 Å². The first-order valence-corrected chi connectivity index (χ1v) is 3.82. The van der Waals surface area contributed by atoms with Crippen LogP contribution >= 0.6 is 11.3 Å². The van der Waals surface area contributed by atoms with Crippen LogP contribution in [0, 0.1) is 6.07 Å². The highest BCUT2D eigenvalue weighted by Gasteiger charge is 1.97. The molecule has 0 fully saturated rings. The van der Waals surface area contributed by atoms with Gasteiger partial charge < -0.3 is 4.42 Å². The van der Waals surface area contributed by atoms with Crippen LogP contribution in [0.15, 0.2) is 34.5 Å². The van der Waals surface area contributed by atoms with Crippen molar-refractivity contribution in [2.75, 3.05) is 0 Å². The van der Waals surface area contributed by atoms with Gasteiger partial charge in [0.05, 0.1) is 12.5 Å². The highest BCUT2D eigenvalue weighted by atomic mass is 32.1. The van der Waals surface area contributed by atoms with Gasteiger partial charge in [0.15, 0.2) is 0 Å². The van der Waals surface area contributed by atoms with Gasteiger partial charge >= 0.3 is 0 Å². The van der Waals surface area contributed by atoms with E-state index in [1.165, 1.54) is 0 Å². The van der Waals surface area contributed by atoms with Crippen LogP contribution in [0.1, 0.15) is 0 Å². The summed E-state index contributed by atoms with van der Waals surface area (Å²) >= 11 is 1.67. The zero-order chi connectivity index (χ0) is 6.81. The fourth-order valence-corrected chi connectivity index (χ4v) is 1.45. The van der Waals surface area contributed by atoms with Crippen LogP contribution in [0.5, 0.6) is 0 Å². The summed E-state index contributed by atoms with van der Waals surface area (Å²) in [6.07, 6.45) is 3.39. The van der Waals surface area contributed by atoms with Crippen molar-refractivity contribution in [1.82, 2.24) is 0 Å². The zero-order valence-corrected chi connectivity index (χ0v) is 6.02. The third-order valence-corrected chi connectivity index (χ3v) is 2.11. The Hall–Kier alpha value is -1.02. The second kappa shape index (κ2) is 2.31. The van der Waals surface area contributed by atoms with Gasteiger partial charge in [-0.05, 0) is 17.5 Å². The molecule has 2 aromatic heterocycles. The van der Waals surface area contributed by atoms with Gasteiger partial charge in [0, 0.05) is 16.5 Å². The first kappa shape index (κ1) is 5.74. The van der Waals surface area contributed by atoms with E-state index in [0.717, 1.165) is 10.4 Å². The van der Waals surface area contributed by atoms with Gasteiger partial charge in [-0.25, -0.2) is 0 Å². The Labute approximate surface area is 62.9 Å². The van der Waals surface area contributed by atoms with Gasteiger partial charge in [-0.1, -0.05) is 0 Å². The van der Waals surface area contributed by atoms with Crippen molar-refractivity contribution in [3.63, 3.8) is 0 Å². The molecule has 0 aliphatic rings. The number of hydrogen-bond donors (Lipinski definition) is 0. The van der Waals surface area contributed by atoms with Crippen molar-refractivity contribution in [3.05, 3.63) is 36.1 Å². The van der Waals surface area contributed by atoms with Crippen molar-refractivity contribution >= 4 is 11.3 Å². The molecule has 0 spiro atoms. The topological polar surface area (TPSA) is 13.1 Å². The van der Waals surface area contributed by atoms with Crippen molar-refractivity contribution in [1.29, 1.82) is 0 Å². The maximum absolute atomic E-state index is 4.92. The molecule has 0 aliphatic carbocycles. The minimum atomic E-state index is 1.11. The molecule has 0 saturated heterocycles. The van der Waals surface area contributed by atoms with Crippen LogP contribution < -0.4 is 0 Å². The quantitative estimate of drug-likeness (QED) is 0.607. The molecule has 2 aromatic rings. The number of rotatable bonds is 1. The van der Waals surface area contributed by atoms with E-state index in [9.17, 15) is 0 Å². The predicted octanol–water partition coefficient (Wildman–Crippen LogP) is 2.81. The zero-order valence-electron chi connectivity index (χ0n) is 5.20. The normalized spacial score (nSPS) is 10.0. The summed E-state index contributed by atoms with van der Waals surface area (Å²) in [5.41, 5.74) is 1.11. The van der Waals surface area contributed by atoms with E-state index in [4.69, 9.17) is 4.42 Å². The highest BCUT2D eigenvalue weighted by Crippen LogP contribution is 2.23. The Morgan fingerprint density at radius 3 is 3.10 bits per heavy atom. The minimum Gasteiger partial charge on any atom is -0.472 e. The van der Waals surface area contributed by atoms with Crippen molar-refractivity contribution in [3.8, 4) is 10.4 Å². The molecule has 10 heavy (non-hydrogen) atoms. The molecule has 49 valence electrons. The standard InChI is InChI=1S/C8H5OS/c1-2-8(10-5-1)7-3-4-9-6-7/h1,3-6H. The molecule has 2 rings (SSSR count). The fraction of sp³-hybridized carbons (Fsp3) is 0. The summed E-state index contributed by atoms with van der Waals surface area (Å²) in [5.74, 6) is 0. The lowest BCUT2D eigenvalue weighted by molar-refractivity contribution is 0.568. The van der Waals surface area contributed by atoms with Crippen LogP contribution in [-0.2, 0) is 0 Å². The van der Waals surface area contributed by atoms with Gasteiger partial charge in [-0.15, -0.1) is 11.3 Å². The van der Waals surface area contributed by atoms with Crippen molar-refractivity contribution < 1.29 is 4.42 Å². The molecule has 1 radical (unpaired) electrons. The van der Waals surface area contributed by atoms with Gasteiger partial charge in [-0.3, -0.25) is 0 Å². The first-order valence-electron chi connectivity index (χ1n) is 2.94. The largest absolute Gasteiger partial charge is 0.472 e. The molecule has 0 aliphatic heterocycles. The van der Waals surface area contributed by atoms with E-state index in [0.29, 0.717) is 0 Å². The number of thiophene rings is 1. The molecule has 1 nitrogen and oxygen atoms in total. The molecular formula is C8H5OS. The smallest absolute Gasteiger partial charge is 0.0989 e. The number of hydrogen-bond acceptors (Lipinski definition) is 2. The summed E-state index contributed by atoms with van der Waals surface area (Å²) in [6.45, 7) is 0. The van der Waals surface area contributed by atoms with Crippen LogP contribution in [0.25, 0.3) is 10.4 Å². The summed E-state index contributed by atoms with van der Waals surface area (Å²) in [7, 11) is 0. The van der Waals surface area contributed by atoms with Crippen molar-refractivity contribution in [2.45, 2.75) is 0 Å². The van der Waals surface area contributed by atoms with Gasteiger partial charge in [0.1, 0.15) is 0 Å². The lowest BCUT2D eigenvalue weighted by Crippen LogP contribution is -1.59. The minimum absolute atomic E-state index is 1.11. The average molecular weight is 149 g/mol. The van der Waals surface area contributed by atoms with Gasteiger partial charge in [-0.2, -0.15) is 0 Å². The molecule has 0 amide bonds. The summed E-state index contributed by atoms with van der Waals surface area (Å²) < 4.78 is 4.92. The third kappa shape index (κ3) is 0.866. The Kier molecular flexibility index (Phi) is 1.32. The maximum atomic E-state index is 4.92. The van der Waals surface area contributed by atoms with E-state index in [-0.39, 0.29) is 0 Å². The molecule has 0 bridgehead atoms. The van der Waals surface area contributed by atoms with Crippen LogP contribution in [-0.4, -0.2) is 0 Å². The third-order valence-electron chi connectivity index (χ3n) is 1.25. The molecule has 0 saturated carbocycles. The molecule has 2 heteroatoms. The second-order valence-corrected chi connectivity index (χ2v) is 2.82. The van der Waals surface area contributed by atoms with E-state index >= 15 is 0 Å². The monoisotopic (exact) mass is 149 g/mol. The van der Waals surface area contributed by atoms with Crippen molar-refractivity contribution in [2.24, 2.45) is 0 Å². The number of furan rings is 1. The van der Waals surface area contributed by atoms with Gasteiger partial charge in [0.2, 0.25) is 0 Å². The van der Waals surface area contributed by atoms with Crippen LogP contribution in [0.3, 0.4) is 0 Å². The SMILES string of the molecule is [c]1ccsc1-c1ccoc1. The van der Waals surface area contributed by atoms with E-state index < -0.39 is 0 Å². The summed E-state index contributed by atoms with van der Waals surface area (Å²) in [4.78, 5) is 1.13. The maximum Gasteiger partial charge on any atom is 0.0989 e. The Bertz CT molecular complexity index is 249. The Balaban J connectivity index is 2.48. The highest BCUT2D eigenvalue weighted by molar-refractivity contribution is 7.13. The molecule has 0 unspecified atom stereocenters. The first-order chi connectivity index (χ1) is 4.97. The van der Waals surface area contributed by atoms with E-state index in [2.05, 4.69) is 6.07 Å². The second-order valence-electron chi connectivity index (χ2n) is 1.91. The van der Waals surface area contributed by atoms with E-state index in [1.54, 1.807) is 23.9 Å². The lowest BCUT2D eigenvalue weighted by Gasteiger charge is -1.83. The molecule has 2 heterocycles. The summed E-state index contributed by atoms with van der Waals surface area (Å²) in [6, 6.07) is 6.94. The molecular weight excluding hydrogens is 144 g/mol. The van der Waals surface area contributed by atoms with Crippen LogP contribution in [0.4, 0.5) is 0 Å². The van der Waals surface area contributed by atoms with E-state index in [1.807, 2.05) is 17.5 Å². The Morgan fingerprint density at radius 2 is 2.50 bits per heavy atom. The predicted molar refractivity (Wildman–Crippen MR) is 40.9 cm³/mol.